The number of nitrogens with zero attached hydrogens (tertiary/aromatic N) is 1. The Kier molecular flexibility index (Phi) is 5.54. The molecule has 0 saturated heterocycles. The Hall–Kier alpha value is -3.77. The quantitative estimate of drug-likeness (QED) is 0.380. The zero-order chi connectivity index (χ0) is 24.0. The minimum atomic E-state index is -0.664. The molecule has 7 heteroatoms. The van der Waals surface area contributed by atoms with E-state index in [1.165, 1.54) is 0 Å². The van der Waals surface area contributed by atoms with Crippen molar-refractivity contribution in [3.05, 3.63) is 104 Å². The second kappa shape index (κ2) is 8.54. The number of carbonyl (C=O) groups excluding carboxylic acids is 1. The third kappa shape index (κ3) is 3.60. The third-order valence-electron chi connectivity index (χ3n) is 6.12. The first kappa shape index (κ1) is 22.0. The molecule has 34 heavy (non-hydrogen) atoms. The van der Waals surface area contributed by atoms with Crippen LogP contribution in [-0.2, 0) is 6.54 Å². The molecule has 1 unspecified atom stereocenters. The van der Waals surface area contributed by atoms with Gasteiger partial charge < -0.3 is 18.8 Å². The fourth-order valence-electron chi connectivity index (χ4n) is 4.42. The average Bonchev–Trinajstić information content (AvgIpc) is 3.12. The first-order valence-electron chi connectivity index (χ1n) is 10.8. The van der Waals surface area contributed by atoms with E-state index in [1.807, 2.05) is 37.3 Å². The van der Waals surface area contributed by atoms with E-state index >= 15 is 0 Å². The Bertz CT molecular complexity index is 1480. The van der Waals surface area contributed by atoms with E-state index in [2.05, 4.69) is 0 Å². The number of benzene rings is 3. The van der Waals surface area contributed by atoms with Crippen LogP contribution >= 0.6 is 11.6 Å². The highest BCUT2D eigenvalue weighted by Gasteiger charge is 2.43. The van der Waals surface area contributed by atoms with Crippen LogP contribution < -0.4 is 14.9 Å². The van der Waals surface area contributed by atoms with Gasteiger partial charge in [0.25, 0.3) is 5.91 Å². The van der Waals surface area contributed by atoms with Crippen LogP contribution in [0.1, 0.15) is 38.9 Å². The van der Waals surface area contributed by atoms with Crippen LogP contribution in [0.25, 0.3) is 11.0 Å². The van der Waals surface area contributed by atoms with Gasteiger partial charge in [-0.2, -0.15) is 0 Å². The summed E-state index contributed by atoms with van der Waals surface area (Å²) in [4.78, 5) is 28.9. The number of aryl methyl sites for hydroxylation is 1. The molecule has 1 aliphatic heterocycles. The first-order valence-corrected chi connectivity index (χ1v) is 11.1. The van der Waals surface area contributed by atoms with E-state index in [4.69, 9.17) is 25.5 Å². The topological polar surface area (TPSA) is 69.0 Å². The van der Waals surface area contributed by atoms with E-state index in [1.54, 1.807) is 49.5 Å². The zero-order valence-electron chi connectivity index (χ0n) is 18.9. The summed E-state index contributed by atoms with van der Waals surface area (Å²) in [5.41, 5.74) is 3.11. The molecule has 1 aromatic heterocycles. The summed E-state index contributed by atoms with van der Waals surface area (Å²) in [5.74, 6) is 0.763. The van der Waals surface area contributed by atoms with Crippen molar-refractivity contribution in [2.24, 2.45) is 0 Å². The lowest BCUT2D eigenvalue weighted by atomic mass is 9.97. The lowest BCUT2D eigenvalue weighted by Gasteiger charge is -2.26. The van der Waals surface area contributed by atoms with Gasteiger partial charge in [-0.05, 0) is 48.4 Å². The predicted molar refractivity (Wildman–Crippen MR) is 130 cm³/mol. The lowest BCUT2D eigenvalue weighted by Crippen LogP contribution is -2.29. The summed E-state index contributed by atoms with van der Waals surface area (Å²) in [6, 6.07) is 17.5. The number of hydrogen-bond donors (Lipinski definition) is 0. The van der Waals surface area contributed by atoms with Gasteiger partial charge in [-0.1, -0.05) is 47.5 Å². The molecule has 5 rings (SSSR count). The van der Waals surface area contributed by atoms with E-state index in [9.17, 15) is 9.59 Å². The molecule has 0 N–H and O–H groups in total. The van der Waals surface area contributed by atoms with Gasteiger partial charge in [0.2, 0.25) is 5.76 Å². The summed E-state index contributed by atoms with van der Waals surface area (Å²) in [6.45, 7) is 2.31. The smallest absolute Gasteiger partial charge is 0.291 e. The van der Waals surface area contributed by atoms with Crippen molar-refractivity contribution in [3.8, 4) is 11.5 Å². The highest BCUT2D eigenvalue weighted by Crippen LogP contribution is 2.41. The van der Waals surface area contributed by atoms with Gasteiger partial charge in [-0.25, -0.2) is 0 Å². The van der Waals surface area contributed by atoms with Gasteiger partial charge in [-0.3, -0.25) is 9.59 Å². The van der Waals surface area contributed by atoms with Crippen molar-refractivity contribution in [2.45, 2.75) is 19.5 Å². The van der Waals surface area contributed by atoms with Crippen molar-refractivity contribution < 1.29 is 18.7 Å². The van der Waals surface area contributed by atoms with Gasteiger partial charge >= 0.3 is 0 Å². The maximum absolute atomic E-state index is 13.7. The van der Waals surface area contributed by atoms with Crippen LogP contribution in [0.5, 0.6) is 11.5 Å². The third-order valence-corrected chi connectivity index (χ3v) is 6.36. The summed E-state index contributed by atoms with van der Waals surface area (Å²) in [7, 11) is 3.10. The van der Waals surface area contributed by atoms with Crippen molar-refractivity contribution >= 4 is 28.5 Å². The molecule has 6 nitrogen and oxygen atoms in total. The van der Waals surface area contributed by atoms with Crippen LogP contribution in [0.3, 0.4) is 0 Å². The van der Waals surface area contributed by atoms with Crippen LogP contribution in [0.2, 0.25) is 5.02 Å². The molecule has 0 saturated carbocycles. The van der Waals surface area contributed by atoms with Crippen LogP contribution in [0, 0.1) is 6.92 Å². The molecule has 2 heterocycles. The average molecular weight is 476 g/mol. The molecule has 0 radical (unpaired) electrons. The fourth-order valence-corrected chi connectivity index (χ4v) is 4.59. The molecule has 0 spiro atoms. The lowest BCUT2D eigenvalue weighted by molar-refractivity contribution is 0.0714. The maximum Gasteiger partial charge on any atom is 0.291 e. The molecule has 0 aliphatic carbocycles. The SMILES string of the molecule is COc1ccc(C2c3c(oc4ccc(Cl)cc4c3=O)C(=O)N2Cc2ccc(C)cc2)cc1OC. The second-order valence-corrected chi connectivity index (χ2v) is 8.69. The largest absolute Gasteiger partial charge is 0.493 e. The molecule has 3 aromatic carbocycles. The molecule has 172 valence electrons. The van der Waals surface area contributed by atoms with Gasteiger partial charge in [0.15, 0.2) is 16.9 Å². The van der Waals surface area contributed by atoms with Crippen molar-refractivity contribution in [3.63, 3.8) is 0 Å². The number of halogens is 1. The van der Waals surface area contributed by atoms with E-state index in [0.29, 0.717) is 45.2 Å². The Balaban J connectivity index is 1.73. The minimum Gasteiger partial charge on any atom is -0.493 e. The Morgan fingerprint density at radius 3 is 2.38 bits per heavy atom. The minimum absolute atomic E-state index is 0.0479. The Morgan fingerprint density at radius 1 is 0.941 bits per heavy atom. The second-order valence-electron chi connectivity index (χ2n) is 8.25. The number of hydrogen-bond acceptors (Lipinski definition) is 5. The standard InChI is InChI=1S/C27H22ClNO5/c1-15-4-6-16(7-5-15)14-29-24(17-8-10-21(32-2)22(12-17)33-3)23-25(30)19-13-18(28)9-11-20(19)34-26(23)27(29)31/h4-13,24H,14H2,1-3H3. The summed E-state index contributed by atoms with van der Waals surface area (Å²) in [5, 5.41) is 0.755. The van der Waals surface area contributed by atoms with Crippen LogP contribution in [0.4, 0.5) is 0 Å². The van der Waals surface area contributed by atoms with E-state index in [0.717, 1.165) is 11.1 Å². The Morgan fingerprint density at radius 2 is 1.68 bits per heavy atom. The van der Waals surface area contributed by atoms with E-state index < -0.39 is 6.04 Å². The Labute approximate surface area is 201 Å². The van der Waals surface area contributed by atoms with Gasteiger partial charge in [0, 0.05) is 11.6 Å². The van der Waals surface area contributed by atoms with Crippen LogP contribution in [-0.4, -0.2) is 25.0 Å². The highest BCUT2D eigenvalue weighted by atomic mass is 35.5. The normalized spacial score (nSPS) is 15.0. The predicted octanol–water partition coefficient (Wildman–Crippen LogP) is 5.52. The van der Waals surface area contributed by atoms with Gasteiger partial charge in [-0.15, -0.1) is 0 Å². The molecule has 0 fully saturated rings. The van der Waals surface area contributed by atoms with Gasteiger partial charge in [0.1, 0.15) is 5.58 Å². The van der Waals surface area contributed by atoms with Crippen molar-refractivity contribution in [1.82, 2.24) is 4.90 Å². The number of rotatable bonds is 5. The number of fused-ring (bicyclic) bond motifs is 2. The van der Waals surface area contributed by atoms with Crippen molar-refractivity contribution in [1.29, 1.82) is 0 Å². The molecule has 1 atom stereocenters. The number of methoxy groups -OCH3 is 2. The molecule has 1 aliphatic rings. The highest BCUT2D eigenvalue weighted by molar-refractivity contribution is 6.31. The fraction of sp³-hybridized carbons (Fsp3) is 0.185. The van der Waals surface area contributed by atoms with Crippen LogP contribution in [0.15, 0.2) is 69.9 Å². The van der Waals surface area contributed by atoms with E-state index in [-0.39, 0.29) is 17.1 Å². The number of ether oxygens (including phenoxy) is 2. The first-order chi connectivity index (χ1) is 16.4. The molecule has 0 bridgehead atoms. The maximum atomic E-state index is 13.7. The number of carbonyl (C=O) groups is 1. The molecular formula is C27H22ClNO5. The molecule has 4 aromatic rings. The van der Waals surface area contributed by atoms with Gasteiger partial charge in [0.05, 0.1) is 31.2 Å². The number of amides is 1. The zero-order valence-corrected chi connectivity index (χ0v) is 19.7. The van der Waals surface area contributed by atoms with Crippen molar-refractivity contribution in [2.75, 3.05) is 14.2 Å². The molecular weight excluding hydrogens is 454 g/mol. The summed E-state index contributed by atoms with van der Waals surface area (Å²) in [6.07, 6.45) is 0. The summed E-state index contributed by atoms with van der Waals surface area (Å²) >= 11 is 6.16. The summed E-state index contributed by atoms with van der Waals surface area (Å²) < 4.78 is 16.8. The monoisotopic (exact) mass is 475 g/mol. The molecule has 1 amide bonds.